The highest BCUT2D eigenvalue weighted by Crippen LogP contribution is 2.17. The molecule has 0 saturated carbocycles. The van der Waals surface area contributed by atoms with Crippen LogP contribution in [0.4, 0.5) is 0 Å². The van der Waals surface area contributed by atoms with Crippen LogP contribution in [0.5, 0.6) is 0 Å². The van der Waals surface area contributed by atoms with Crippen LogP contribution >= 0.6 is 24.8 Å². The summed E-state index contributed by atoms with van der Waals surface area (Å²) in [6.45, 7) is 3.93. The minimum atomic E-state index is 0. The molecule has 2 unspecified atom stereocenters. The van der Waals surface area contributed by atoms with Crippen molar-refractivity contribution < 1.29 is 4.79 Å². The van der Waals surface area contributed by atoms with Crippen molar-refractivity contribution in [3.8, 4) is 0 Å². The Hall–Kier alpha value is -0.840. The van der Waals surface area contributed by atoms with E-state index in [4.69, 9.17) is 0 Å². The van der Waals surface area contributed by atoms with Gasteiger partial charge in [-0.15, -0.1) is 24.8 Å². The number of pyridine rings is 1. The standard InChI is InChI=1S/C14H21N3O.2ClH/c1-2-13(11-5-8-15-9-6-11)17-14(18)12-4-3-7-16-10-12;;/h5-6,8-9,12-13,16H,2-4,7,10H2,1H3,(H,17,18);2*1H. The molecule has 1 fully saturated rings. The summed E-state index contributed by atoms with van der Waals surface area (Å²) in [6.07, 6.45) is 6.52. The van der Waals surface area contributed by atoms with Crippen LogP contribution < -0.4 is 10.6 Å². The van der Waals surface area contributed by atoms with Crippen LogP contribution in [0.1, 0.15) is 37.8 Å². The smallest absolute Gasteiger partial charge is 0.224 e. The molecule has 0 aliphatic carbocycles. The third-order valence-electron chi connectivity index (χ3n) is 3.50. The van der Waals surface area contributed by atoms with E-state index in [1.54, 1.807) is 12.4 Å². The predicted molar refractivity (Wildman–Crippen MR) is 85.5 cm³/mol. The second kappa shape index (κ2) is 9.97. The Balaban J connectivity index is 0.00000180. The van der Waals surface area contributed by atoms with Crippen LogP contribution in [0, 0.1) is 5.92 Å². The Bertz CT molecular complexity index is 383. The molecule has 0 radical (unpaired) electrons. The summed E-state index contributed by atoms with van der Waals surface area (Å²) in [5.41, 5.74) is 1.13. The molecule has 1 aromatic rings. The number of aromatic nitrogens is 1. The Labute approximate surface area is 132 Å². The summed E-state index contributed by atoms with van der Waals surface area (Å²) in [5.74, 6) is 0.292. The molecule has 2 atom stereocenters. The molecule has 0 aromatic carbocycles. The number of carbonyl (C=O) groups is 1. The van der Waals surface area contributed by atoms with Crippen LogP contribution in [0.25, 0.3) is 0 Å². The molecular weight excluding hydrogens is 297 g/mol. The van der Waals surface area contributed by atoms with E-state index in [-0.39, 0.29) is 42.7 Å². The second-order valence-corrected chi connectivity index (χ2v) is 4.79. The van der Waals surface area contributed by atoms with Gasteiger partial charge < -0.3 is 10.6 Å². The molecule has 2 N–H and O–H groups in total. The molecular formula is C14H23Cl2N3O. The van der Waals surface area contributed by atoms with Crippen molar-refractivity contribution in [1.82, 2.24) is 15.6 Å². The molecule has 6 heteroatoms. The molecule has 1 aliphatic heterocycles. The number of hydrogen-bond donors (Lipinski definition) is 2. The van der Waals surface area contributed by atoms with Crippen LogP contribution in [-0.4, -0.2) is 24.0 Å². The van der Waals surface area contributed by atoms with Gasteiger partial charge in [0.15, 0.2) is 0 Å². The average molecular weight is 320 g/mol. The zero-order valence-electron chi connectivity index (χ0n) is 11.7. The van der Waals surface area contributed by atoms with E-state index in [0.29, 0.717) is 0 Å². The van der Waals surface area contributed by atoms with Gasteiger partial charge in [-0.1, -0.05) is 6.92 Å². The molecule has 4 nitrogen and oxygen atoms in total. The van der Waals surface area contributed by atoms with Crippen molar-refractivity contribution in [3.05, 3.63) is 30.1 Å². The van der Waals surface area contributed by atoms with E-state index < -0.39 is 0 Å². The van der Waals surface area contributed by atoms with E-state index in [2.05, 4.69) is 22.5 Å². The molecule has 1 aromatic heterocycles. The van der Waals surface area contributed by atoms with Crippen molar-refractivity contribution in [3.63, 3.8) is 0 Å². The van der Waals surface area contributed by atoms with Crippen LogP contribution in [0.3, 0.4) is 0 Å². The molecule has 20 heavy (non-hydrogen) atoms. The lowest BCUT2D eigenvalue weighted by atomic mass is 9.97. The normalized spacial score (nSPS) is 19.1. The van der Waals surface area contributed by atoms with Gasteiger partial charge in [-0.25, -0.2) is 0 Å². The number of amides is 1. The zero-order chi connectivity index (χ0) is 12.8. The Morgan fingerprint density at radius 3 is 2.70 bits per heavy atom. The lowest BCUT2D eigenvalue weighted by Crippen LogP contribution is -2.41. The monoisotopic (exact) mass is 319 g/mol. The summed E-state index contributed by atoms with van der Waals surface area (Å²) in [5, 5.41) is 6.42. The quantitative estimate of drug-likeness (QED) is 0.896. The summed E-state index contributed by atoms with van der Waals surface area (Å²) in [7, 11) is 0. The van der Waals surface area contributed by atoms with Crippen LogP contribution in [-0.2, 0) is 4.79 Å². The van der Waals surface area contributed by atoms with Crippen molar-refractivity contribution in [2.24, 2.45) is 5.92 Å². The number of halogens is 2. The molecule has 2 rings (SSSR count). The van der Waals surface area contributed by atoms with Gasteiger partial charge in [0.2, 0.25) is 5.91 Å². The third-order valence-corrected chi connectivity index (χ3v) is 3.50. The molecule has 0 bridgehead atoms. The molecule has 0 spiro atoms. The van der Waals surface area contributed by atoms with Gasteiger partial charge in [0.1, 0.15) is 0 Å². The minimum Gasteiger partial charge on any atom is -0.349 e. The number of nitrogens with zero attached hydrogens (tertiary/aromatic N) is 1. The van der Waals surface area contributed by atoms with E-state index in [0.717, 1.165) is 37.9 Å². The number of piperidine rings is 1. The van der Waals surface area contributed by atoms with E-state index in [1.165, 1.54) is 0 Å². The Morgan fingerprint density at radius 1 is 1.45 bits per heavy atom. The lowest BCUT2D eigenvalue weighted by Gasteiger charge is -2.25. The van der Waals surface area contributed by atoms with Crippen molar-refractivity contribution in [1.29, 1.82) is 0 Å². The number of nitrogens with one attached hydrogen (secondary N) is 2. The van der Waals surface area contributed by atoms with Crippen LogP contribution in [0.2, 0.25) is 0 Å². The highest BCUT2D eigenvalue weighted by molar-refractivity contribution is 5.85. The number of rotatable bonds is 4. The Morgan fingerprint density at radius 2 is 2.15 bits per heavy atom. The summed E-state index contributed by atoms with van der Waals surface area (Å²) in [4.78, 5) is 16.2. The van der Waals surface area contributed by atoms with E-state index in [9.17, 15) is 4.79 Å². The minimum absolute atomic E-state index is 0. The largest absolute Gasteiger partial charge is 0.349 e. The fourth-order valence-corrected chi connectivity index (χ4v) is 2.38. The first kappa shape index (κ1) is 19.2. The first-order valence-corrected chi connectivity index (χ1v) is 6.72. The van der Waals surface area contributed by atoms with Gasteiger partial charge in [-0.2, -0.15) is 0 Å². The van der Waals surface area contributed by atoms with Gasteiger partial charge in [0.05, 0.1) is 12.0 Å². The van der Waals surface area contributed by atoms with Crippen LogP contribution in [0.15, 0.2) is 24.5 Å². The molecule has 114 valence electrons. The fraction of sp³-hybridized carbons (Fsp3) is 0.571. The van der Waals surface area contributed by atoms with Gasteiger partial charge in [0.25, 0.3) is 0 Å². The average Bonchev–Trinajstić information content (AvgIpc) is 2.46. The Kier molecular flexibility index (Phi) is 9.55. The highest BCUT2D eigenvalue weighted by atomic mass is 35.5. The summed E-state index contributed by atoms with van der Waals surface area (Å²) in [6, 6.07) is 4.03. The summed E-state index contributed by atoms with van der Waals surface area (Å²) < 4.78 is 0. The van der Waals surface area contributed by atoms with E-state index >= 15 is 0 Å². The van der Waals surface area contributed by atoms with Gasteiger partial charge in [-0.05, 0) is 43.5 Å². The first-order chi connectivity index (χ1) is 8.81. The topological polar surface area (TPSA) is 54.0 Å². The third kappa shape index (κ3) is 5.27. The SMILES string of the molecule is CCC(NC(=O)C1CCCNC1)c1ccncc1.Cl.Cl. The van der Waals surface area contributed by atoms with Gasteiger partial charge in [-0.3, -0.25) is 9.78 Å². The molecule has 1 amide bonds. The number of carbonyl (C=O) groups excluding carboxylic acids is 1. The zero-order valence-corrected chi connectivity index (χ0v) is 13.3. The predicted octanol–water partition coefficient (Wildman–Crippen LogP) is 2.49. The van der Waals surface area contributed by atoms with Crippen molar-refractivity contribution >= 4 is 30.7 Å². The maximum absolute atomic E-state index is 12.2. The maximum atomic E-state index is 12.2. The highest BCUT2D eigenvalue weighted by Gasteiger charge is 2.23. The van der Waals surface area contributed by atoms with Gasteiger partial charge in [0, 0.05) is 18.9 Å². The van der Waals surface area contributed by atoms with E-state index in [1.807, 2.05) is 12.1 Å². The lowest BCUT2D eigenvalue weighted by molar-refractivity contribution is -0.126. The summed E-state index contributed by atoms with van der Waals surface area (Å²) >= 11 is 0. The van der Waals surface area contributed by atoms with Gasteiger partial charge >= 0.3 is 0 Å². The number of hydrogen-bond acceptors (Lipinski definition) is 3. The van der Waals surface area contributed by atoms with Crippen molar-refractivity contribution in [2.45, 2.75) is 32.2 Å². The molecule has 2 heterocycles. The maximum Gasteiger partial charge on any atom is 0.224 e. The molecule has 1 aliphatic rings. The fourth-order valence-electron chi connectivity index (χ4n) is 2.38. The second-order valence-electron chi connectivity index (χ2n) is 4.79. The first-order valence-electron chi connectivity index (χ1n) is 6.72. The van der Waals surface area contributed by atoms with Crippen molar-refractivity contribution in [2.75, 3.05) is 13.1 Å². The molecule has 1 saturated heterocycles.